The van der Waals surface area contributed by atoms with Crippen molar-refractivity contribution in [1.82, 2.24) is 4.90 Å². The molecule has 0 heterocycles. The van der Waals surface area contributed by atoms with Gasteiger partial charge in [-0.3, -0.25) is 9.59 Å². The Morgan fingerprint density at radius 1 is 0.676 bits per heavy atom. The molecular weight excluding hydrogens is 554 g/mol. The normalized spacial score (nSPS) is 15.3. The first kappa shape index (κ1) is 34.4. The fourth-order valence-corrected chi connectivity index (χ4v) is 2.59. The molecule has 0 aliphatic carbocycles. The Hall–Kier alpha value is -2.63. The molecule has 2 unspecified atom stereocenters. The Balaban J connectivity index is 6.34. The number of hydrogen-bond donors (Lipinski definition) is 0. The summed E-state index contributed by atoms with van der Waals surface area (Å²) in [5.41, 5.74) is -2.03. The summed E-state index contributed by atoms with van der Waals surface area (Å²) in [6.07, 6.45) is -36.8. The number of carbonyl (C=O) groups excluding carboxylic acids is 3. The van der Waals surface area contributed by atoms with Gasteiger partial charge in [0.2, 0.25) is 0 Å². The fourth-order valence-electron chi connectivity index (χ4n) is 2.59. The van der Waals surface area contributed by atoms with Crippen LogP contribution in [0, 0.1) is 11.8 Å². The van der Waals surface area contributed by atoms with Gasteiger partial charge in [0.05, 0.1) is 11.8 Å². The Labute approximate surface area is 201 Å². The Morgan fingerprint density at radius 2 is 1.00 bits per heavy atom. The first-order chi connectivity index (χ1) is 16.1. The zero-order chi connectivity index (χ0) is 29.9. The van der Waals surface area contributed by atoms with Crippen molar-refractivity contribution in [2.75, 3.05) is 14.1 Å². The maximum absolute atomic E-state index is 12.8. The molecule has 0 saturated heterocycles. The minimum atomic E-state index is -6.24. The van der Waals surface area contributed by atoms with Crippen LogP contribution in [-0.4, -0.2) is 79.5 Å². The van der Waals surface area contributed by atoms with Crippen LogP contribution in [0.2, 0.25) is 0 Å². The number of rotatable bonds is 8. The predicted octanol–water partition coefficient (Wildman–Crippen LogP) is 5.18. The molecule has 0 aliphatic heterocycles. The molecule has 0 saturated carbocycles. The van der Waals surface area contributed by atoms with Crippen LogP contribution in [0.4, 0.5) is 57.5 Å². The largest absolute Gasteiger partial charge is 0.443 e. The zero-order valence-corrected chi connectivity index (χ0v) is 19.4. The quantitative estimate of drug-likeness (QED) is 0.226. The first-order valence-corrected chi connectivity index (χ1v) is 9.69. The smallest absolute Gasteiger partial charge is 0.434 e. The second-order valence-electron chi connectivity index (χ2n) is 8.42. The molecule has 0 aromatic heterocycles. The first-order valence-electron chi connectivity index (χ1n) is 9.69. The lowest BCUT2D eigenvalue weighted by Crippen LogP contribution is -2.50. The predicted molar refractivity (Wildman–Crippen MR) is 95.5 cm³/mol. The molecule has 2 atom stereocenters. The highest BCUT2D eigenvalue weighted by molar-refractivity contribution is 5.82. The Kier molecular flexibility index (Phi) is 10.6. The molecule has 0 radical (unpaired) electrons. The van der Waals surface area contributed by atoms with Crippen LogP contribution in [0.25, 0.3) is 0 Å². The van der Waals surface area contributed by atoms with Gasteiger partial charge in [0, 0.05) is 20.5 Å². The van der Waals surface area contributed by atoms with Gasteiger partial charge in [-0.05, 0) is 13.8 Å². The molecule has 37 heavy (non-hydrogen) atoms. The molecule has 7 nitrogen and oxygen atoms in total. The van der Waals surface area contributed by atoms with Crippen LogP contribution < -0.4 is 0 Å². The van der Waals surface area contributed by atoms with Gasteiger partial charge in [-0.15, -0.1) is 0 Å². The number of esters is 2. The van der Waals surface area contributed by atoms with E-state index in [1.54, 1.807) is 0 Å². The van der Waals surface area contributed by atoms with E-state index >= 15 is 0 Å². The van der Waals surface area contributed by atoms with Crippen molar-refractivity contribution in [3.8, 4) is 0 Å². The van der Waals surface area contributed by atoms with Crippen molar-refractivity contribution in [2.24, 2.45) is 11.8 Å². The van der Waals surface area contributed by atoms with Crippen molar-refractivity contribution < 1.29 is 81.3 Å². The van der Waals surface area contributed by atoms with Gasteiger partial charge in [0.15, 0.2) is 0 Å². The lowest BCUT2D eigenvalue weighted by molar-refractivity contribution is -0.317. The number of ether oxygens (including phenoxy) is 3. The van der Waals surface area contributed by atoms with E-state index in [4.69, 9.17) is 4.74 Å². The van der Waals surface area contributed by atoms with E-state index in [-0.39, 0.29) is 0 Å². The van der Waals surface area contributed by atoms with E-state index in [1.165, 1.54) is 0 Å². The van der Waals surface area contributed by atoms with Crippen LogP contribution in [0.3, 0.4) is 0 Å². The lowest BCUT2D eigenvalue weighted by Gasteiger charge is -2.33. The second kappa shape index (κ2) is 11.4. The number of halogens is 12. The molecular formula is C18H21F12NO6. The maximum atomic E-state index is 12.8. The summed E-state index contributed by atoms with van der Waals surface area (Å²) in [6.45, 7) is 2.27. The van der Waals surface area contributed by atoms with E-state index in [9.17, 15) is 67.1 Å². The van der Waals surface area contributed by atoms with Gasteiger partial charge in [0.1, 0.15) is 5.60 Å². The monoisotopic (exact) mass is 575 g/mol. The van der Waals surface area contributed by atoms with Crippen LogP contribution in [0.1, 0.15) is 27.2 Å². The maximum Gasteiger partial charge on any atom is 0.434 e. The third-order valence-electron chi connectivity index (χ3n) is 4.38. The van der Waals surface area contributed by atoms with Gasteiger partial charge >= 0.3 is 42.7 Å². The molecule has 0 aliphatic rings. The Bertz CT molecular complexity index is 788. The van der Waals surface area contributed by atoms with Gasteiger partial charge < -0.3 is 19.1 Å². The average Bonchev–Trinajstić information content (AvgIpc) is 2.63. The van der Waals surface area contributed by atoms with Gasteiger partial charge in [-0.25, -0.2) is 4.79 Å². The van der Waals surface area contributed by atoms with Crippen LogP contribution in [-0.2, 0) is 23.8 Å². The average molecular weight is 575 g/mol. The molecule has 0 aromatic rings. The van der Waals surface area contributed by atoms with Crippen LogP contribution in [0.15, 0.2) is 0 Å². The van der Waals surface area contributed by atoms with E-state index < -0.39 is 78.8 Å². The molecule has 0 spiro atoms. The molecule has 0 fully saturated rings. The fraction of sp³-hybridized carbons (Fsp3) is 0.833. The molecule has 0 rings (SSSR count). The molecule has 0 bridgehead atoms. The van der Waals surface area contributed by atoms with E-state index in [0.29, 0.717) is 6.92 Å². The third kappa shape index (κ3) is 10.7. The summed E-state index contributed by atoms with van der Waals surface area (Å²) in [7, 11) is 2.27. The SMILES string of the molecule is CC(C(=O)OC(C(F)(F)F)C(F)(F)F)C(CC(C)(C)OC(=O)N(C)C)C(=O)OC(C(F)(F)F)C(F)(F)F. The summed E-state index contributed by atoms with van der Waals surface area (Å²) in [4.78, 5) is 37.0. The van der Waals surface area contributed by atoms with E-state index in [2.05, 4.69) is 9.47 Å². The van der Waals surface area contributed by atoms with E-state index in [0.717, 1.165) is 32.8 Å². The lowest BCUT2D eigenvalue weighted by atomic mass is 9.84. The molecule has 0 aromatic carbocycles. The summed E-state index contributed by atoms with van der Waals surface area (Å²) >= 11 is 0. The molecule has 1 amide bonds. The van der Waals surface area contributed by atoms with Gasteiger partial charge in [-0.1, -0.05) is 6.92 Å². The summed E-state index contributed by atoms with van der Waals surface area (Å²) in [5, 5.41) is 0. The number of carbonyl (C=O) groups is 3. The summed E-state index contributed by atoms with van der Waals surface area (Å²) < 4.78 is 165. The van der Waals surface area contributed by atoms with Crippen molar-refractivity contribution >= 4 is 18.0 Å². The topological polar surface area (TPSA) is 82.1 Å². The highest BCUT2D eigenvalue weighted by Crippen LogP contribution is 2.39. The molecule has 0 N–H and O–H groups in total. The molecule has 19 heteroatoms. The standard InChI is InChI=1S/C18H21F12NO6/c1-7(9(32)35-11(15(19,20)21)16(22,23)24)8(6-14(2,3)37-13(34)31(4)5)10(33)36-12(17(25,26)27)18(28,29)30/h7-8,11-12H,6H2,1-5H3. The van der Waals surface area contributed by atoms with Crippen molar-refractivity contribution in [2.45, 2.75) is 69.7 Å². The highest BCUT2D eigenvalue weighted by atomic mass is 19.4. The minimum Gasteiger partial charge on any atom is -0.443 e. The van der Waals surface area contributed by atoms with Crippen molar-refractivity contribution in [3.05, 3.63) is 0 Å². The number of nitrogens with zero attached hydrogens (tertiary/aromatic N) is 1. The zero-order valence-electron chi connectivity index (χ0n) is 19.4. The number of amides is 1. The van der Waals surface area contributed by atoms with Gasteiger partial charge in [-0.2, -0.15) is 52.7 Å². The minimum absolute atomic E-state index is 0.401. The van der Waals surface area contributed by atoms with Crippen molar-refractivity contribution in [1.29, 1.82) is 0 Å². The number of hydrogen-bond acceptors (Lipinski definition) is 6. The van der Waals surface area contributed by atoms with Crippen LogP contribution in [0.5, 0.6) is 0 Å². The second-order valence-corrected chi connectivity index (χ2v) is 8.42. The summed E-state index contributed by atoms with van der Waals surface area (Å²) in [6, 6.07) is 0. The van der Waals surface area contributed by atoms with Crippen molar-refractivity contribution in [3.63, 3.8) is 0 Å². The molecule has 218 valence electrons. The highest BCUT2D eigenvalue weighted by Gasteiger charge is 2.62. The summed E-state index contributed by atoms with van der Waals surface area (Å²) in [5.74, 6) is -10.1. The third-order valence-corrected chi connectivity index (χ3v) is 4.38. The Morgan fingerprint density at radius 3 is 1.30 bits per heavy atom. The van der Waals surface area contributed by atoms with E-state index in [1.807, 2.05) is 0 Å². The van der Waals surface area contributed by atoms with Gasteiger partial charge in [0.25, 0.3) is 12.2 Å². The number of alkyl halides is 12. The van der Waals surface area contributed by atoms with Crippen LogP contribution >= 0.6 is 0 Å².